The number of carbonyl (C=O) groups is 1. The van der Waals surface area contributed by atoms with E-state index < -0.39 is 0 Å². The minimum Gasteiger partial charge on any atom is -0.289 e. The smallest absolute Gasteiger partial charge is 0.195 e. The van der Waals surface area contributed by atoms with E-state index in [0.29, 0.717) is 16.8 Å². The molecule has 0 amide bonds. The van der Waals surface area contributed by atoms with Crippen molar-refractivity contribution in [3.05, 3.63) is 111 Å². The third kappa shape index (κ3) is 3.62. The van der Waals surface area contributed by atoms with E-state index in [1.807, 2.05) is 98.0 Å². The molecule has 2 nitrogen and oxygen atoms in total. The number of rotatable bonds is 4. The Hall–Kier alpha value is -2.79. The monoisotopic (exact) mass is 475 g/mol. The van der Waals surface area contributed by atoms with E-state index in [1.165, 1.54) is 0 Å². The number of nitrogens with zero attached hydrogens (tertiary/aromatic N) is 1. The first-order valence-corrected chi connectivity index (χ1v) is 10.1. The Labute approximate surface area is 178 Å². The molecule has 1 heterocycles. The molecule has 0 aliphatic rings. The van der Waals surface area contributed by atoms with Gasteiger partial charge in [0.25, 0.3) is 0 Å². The molecular weight excluding hydrogens is 457 g/mol. The van der Waals surface area contributed by atoms with Gasteiger partial charge in [-0.15, -0.1) is 0 Å². The molecule has 0 N–H and O–H groups in total. The van der Waals surface area contributed by atoms with Crippen molar-refractivity contribution in [2.45, 2.75) is 6.92 Å². The highest BCUT2D eigenvalue weighted by molar-refractivity contribution is 14.1. The largest absolute Gasteiger partial charge is 0.289 e. The van der Waals surface area contributed by atoms with Crippen LogP contribution in [0.1, 0.15) is 21.5 Å². The second-order valence-corrected chi connectivity index (χ2v) is 7.79. The number of halogens is 1. The Morgan fingerprint density at radius 3 is 1.96 bits per heavy atom. The van der Waals surface area contributed by atoms with Crippen molar-refractivity contribution < 1.29 is 4.79 Å². The zero-order chi connectivity index (χ0) is 19.5. The summed E-state index contributed by atoms with van der Waals surface area (Å²) in [7, 11) is 0. The summed E-state index contributed by atoms with van der Waals surface area (Å²) in [5.41, 5.74) is 6.04. The third-order valence-electron chi connectivity index (χ3n) is 4.68. The molecule has 0 atom stereocenters. The van der Waals surface area contributed by atoms with Crippen LogP contribution in [0.15, 0.2) is 91.1 Å². The molecule has 0 spiro atoms. The van der Waals surface area contributed by atoms with Gasteiger partial charge >= 0.3 is 0 Å². The van der Waals surface area contributed by atoms with Crippen molar-refractivity contribution in [2.24, 2.45) is 0 Å². The number of carbonyl (C=O) groups excluding carboxylic acids is 1. The molecule has 0 fully saturated rings. The quantitative estimate of drug-likeness (QED) is 0.247. The molecule has 0 radical (unpaired) electrons. The van der Waals surface area contributed by atoms with Gasteiger partial charge in [0.05, 0.1) is 11.3 Å². The van der Waals surface area contributed by atoms with E-state index in [0.717, 1.165) is 25.8 Å². The molecule has 0 aliphatic heterocycles. The highest BCUT2D eigenvalue weighted by Crippen LogP contribution is 2.35. The average molecular weight is 475 g/mol. The lowest BCUT2D eigenvalue weighted by molar-refractivity contribution is 0.103. The van der Waals surface area contributed by atoms with Gasteiger partial charge in [-0.05, 0) is 35.1 Å². The maximum atomic E-state index is 13.7. The van der Waals surface area contributed by atoms with E-state index >= 15 is 0 Å². The van der Waals surface area contributed by atoms with E-state index in [2.05, 4.69) is 27.6 Å². The van der Waals surface area contributed by atoms with Gasteiger partial charge in [-0.2, -0.15) is 0 Å². The van der Waals surface area contributed by atoms with Gasteiger partial charge in [-0.25, -0.2) is 0 Å². The number of aryl methyl sites for hydroxylation is 1. The van der Waals surface area contributed by atoms with Crippen LogP contribution in [0.2, 0.25) is 0 Å². The molecule has 1 aromatic heterocycles. The first-order chi connectivity index (χ1) is 13.6. The molecule has 0 unspecified atom stereocenters. The molecule has 3 aromatic carbocycles. The van der Waals surface area contributed by atoms with E-state index in [4.69, 9.17) is 0 Å². The van der Waals surface area contributed by atoms with Crippen LogP contribution in [0.4, 0.5) is 0 Å². The molecule has 0 saturated carbocycles. The summed E-state index contributed by atoms with van der Waals surface area (Å²) >= 11 is 2.27. The summed E-state index contributed by atoms with van der Waals surface area (Å²) in [6.07, 6.45) is 1.84. The van der Waals surface area contributed by atoms with Gasteiger partial charge in [0.1, 0.15) is 0 Å². The van der Waals surface area contributed by atoms with Crippen molar-refractivity contribution in [1.29, 1.82) is 0 Å². The maximum Gasteiger partial charge on any atom is 0.195 e. The first kappa shape index (κ1) is 18.6. The summed E-state index contributed by atoms with van der Waals surface area (Å²) in [5.74, 6) is -0.0104. The standard InChI is InChI=1S/C25H18INO/c1-17-12-14-20(15-13-17)25(28)23-22(18-8-4-2-5-9-18)21(26)16-27-24(23)19-10-6-3-7-11-19/h2-16H,1H3. The maximum absolute atomic E-state index is 13.7. The Morgan fingerprint density at radius 2 is 1.36 bits per heavy atom. The topological polar surface area (TPSA) is 30.0 Å². The predicted molar refractivity (Wildman–Crippen MR) is 122 cm³/mol. The number of hydrogen-bond donors (Lipinski definition) is 0. The summed E-state index contributed by atoms with van der Waals surface area (Å²) in [4.78, 5) is 18.3. The molecule has 0 saturated heterocycles. The summed E-state index contributed by atoms with van der Waals surface area (Å²) in [6, 6.07) is 27.7. The third-order valence-corrected chi connectivity index (χ3v) is 5.50. The molecule has 0 aliphatic carbocycles. The van der Waals surface area contributed by atoms with Crippen molar-refractivity contribution in [3.8, 4) is 22.4 Å². The lowest BCUT2D eigenvalue weighted by Gasteiger charge is -2.16. The fourth-order valence-electron chi connectivity index (χ4n) is 3.26. The van der Waals surface area contributed by atoms with Crippen LogP contribution >= 0.6 is 22.6 Å². The first-order valence-electron chi connectivity index (χ1n) is 9.06. The van der Waals surface area contributed by atoms with Gasteiger partial charge in [0, 0.05) is 26.5 Å². The van der Waals surface area contributed by atoms with Crippen LogP contribution in [0.25, 0.3) is 22.4 Å². The fourth-order valence-corrected chi connectivity index (χ4v) is 3.98. The van der Waals surface area contributed by atoms with Crippen LogP contribution < -0.4 is 0 Å². The second kappa shape index (κ2) is 8.07. The molecule has 136 valence electrons. The molecule has 4 rings (SSSR count). The number of ketones is 1. The van der Waals surface area contributed by atoms with Crippen LogP contribution in [-0.2, 0) is 0 Å². The number of pyridine rings is 1. The lowest BCUT2D eigenvalue weighted by atomic mass is 9.90. The summed E-state index contributed by atoms with van der Waals surface area (Å²) in [5, 5.41) is 0. The van der Waals surface area contributed by atoms with Crippen molar-refractivity contribution in [3.63, 3.8) is 0 Å². The number of benzene rings is 3. The van der Waals surface area contributed by atoms with Crippen molar-refractivity contribution >= 4 is 28.4 Å². The Bertz CT molecular complexity index is 1120. The average Bonchev–Trinajstić information content (AvgIpc) is 2.75. The Balaban J connectivity index is 2.01. The molecule has 0 bridgehead atoms. The van der Waals surface area contributed by atoms with Crippen LogP contribution in [0, 0.1) is 10.5 Å². The Kier molecular flexibility index (Phi) is 5.35. The zero-order valence-electron chi connectivity index (χ0n) is 15.4. The van der Waals surface area contributed by atoms with Crippen LogP contribution in [0.3, 0.4) is 0 Å². The highest BCUT2D eigenvalue weighted by Gasteiger charge is 2.23. The van der Waals surface area contributed by atoms with E-state index in [-0.39, 0.29) is 5.78 Å². The zero-order valence-corrected chi connectivity index (χ0v) is 17.6. The number of hydrogen-bond acceptors (Lipinski definition) is 2. The Morgan fingerprint density at radius 1 is 0.786 bits per heavy atom. The second-order valence-electron chi connectivity index (χ2n) is 6.63. The lowest BCUT2D eigenvalue weighted by Crippen LogP contribution is -2.09. The number of aromatic nitrogens is 1. The van der Waals surface area contributed by atoms with Crippen LogP contribution in [-0.4, -0.2) is 10.8 Å². The van der Waals surface area contributed by atoms with Gasteiger partial charge in [0.2, 0.25) is 0 Å². The highest BCUT2D eigenvalue weighted by atomic mass is 127. The SMILES string of the molecule is Cc1ccc(C(=O)c2c(-c3ccccc3)ncc(I)c2-c2ccccc2)cc1. The normalized spacial score (nSPS) is 10.6. The minimum atomic E-state index is -0.0104. The fraction of sp³-hybridized carbons (Fsp3) is 0.0400. The molecule has 3 heteroatoms. The molecular formula is C25H18INO. The summed E-state index contributed by atoms with van der Waals surface area (Å²) in [6.45, 7) is 2.02. The minimum absolute atomic E-state index is 0.0104. The van der Waals surface area contributed by atoms with Crippen molar-refractivity contribution in [1.82, 2.24) is 4.98 Å². The predicted octanol–water partition coefficient (Wildman–Crippen LogP) is 6.56. The van der Waals surface area contributed by atoms with Crippen LogP contribution in [0.5, 0.6) is 0 Å². The molecule has 4 aromatic rings. The van der Waals surface area contributed by atoms with Gasteiger partial charge < -0.3 is 0 Å². The van der Waals surface area contributed by atoms with E-state index in [9.17, 15) is 4.79 Å². The van der Waals surface area contributed by atoms with E-state index in [1.54, 1.807) is 0 Å². The van der Waals surface area contributed by atoms with Gasteiger partial charge in [-0.1, -0.05) is 90.5 Å². The van der Waals surface area contributed by atoms with Gasteiger partial charge in [-0.3, -0.25) is 9.78 Å². The van der Waals surface area contributed by atoms with Gasteiger partial charge in [0.15, 0.2) is 5.78 Å². The molecule has 28 heavy (non-hydrogen) atoms. The van der Waals surface area contributed by atoms with Crippen molar-refractivity contribution in [2.75, 3.05) is 0 Å². The summed E-state index contributed by atoms with van der Waals surface area (Å²) < 4.78 is 0.957.